The van der Waals surface area contributed by atoms with Crippen LogP contribution in [-0.2, 0) is 0 Å². The maximum Gasteiger partial charge on any atom is 0.173 e. The molecule has 4 heterocycles. The summed E-state index contributed by atoms with van der Waals surface area (Å²) in [7, 11) is 0. The van der Waals surface area contributed by atoms with Crippen molar-refractivity contribution in [2.45, 2.75) is 6.04 Å². The van der Waals surface area contributed by atoms with E-state index in [1.165, 1.54) is 0 Å². The first-order valence-electron chi connectivity index (χ1n) is 6.85. The third kappa shape index (κ3) is 2.09. The molecule has 0 spiro atoms. The summed E-state index contributed by atoms with van der Waals surface area (Å²) >= 11 is 0. The molecule has 8 heteroatoms. The first kappa shape index (κ1) is 12.5. The van der Waals surface area contributed by atoms with E-state index < -0.39 is 0 Å². The lowest BCUT2D eigenvalue weighted by Gasteiger charge is -2.39. The topological polar surface area (TPSA) is 88.5 Å². The lowest BCUT2D eigenvalue weighted by molar-refractivity contribution is 0.365. The van der Waals surface area contributed by atoms with E-state index in [1.54, 1.807) is 35.7 Å². The molecule has 22 heavy (non-hydrogen) atoms. The van der Waals surface area contributed by atoms with Crippen LogP contribution in [0.15, 0.2) is 43.2 Å². The van der Waals surface area contributed by atoms with Crippen molar-refractivity contribution in [3.8, 4) is 11.9 Å². The van der Waals surface area contributed by atoms with E-state index in [9.17, 15) is 0 Å². The van der Waals surface area contributed by atoms with Crippen molar-refractivity contribution in [2.24, 2.45) is 0 Å². The number of nitrogens with zero attached hydrogens (tertiary/aromatic N) is 8. The smallest absolute Gasteiger partial charge is 0.173 e. The molecule has 0 amide bonds. The molecular formula is C14H12N8. The normalized spacial score (nSPS) is 14.6. The molecule has 0 bridgehead atoms. The second-order valence-corrected chi connectivity index (χ2v) is 5.07. The minimum absolute atomic E-state index is 0.261. The zero-order valence-electron chi connectivity index (χ0n) is 11.6. The predicted molar refractivity (Wildman–Crippen MR) is 77.3 cm³/mol. The Morgan fingerprint density at radius 1 is 1.14 bits per heavy atom. The molecule has 0 atom stereocenters. The number of rotatable bonds is 3. The maximum absolute atomic E-state index is 8.83. The van der Waals surface area contributed by atoms with Gasteiger partial charge in [-0.3, -0.25) is 9.67 Å². The summed E-state index contributed by atoms with van der Waals surface area (Å²) in [6.45, 7) is 1.59. The molecule has 0 saturated carbocycles. The van der Waals surface area contributed by atoms with Crippen LogP contribution in [0.2, 0.25) is 0 Å². The van der Waals surface area contributed by atoms with Crippen LogP contribution in [0.3, 0.4) is 0 Å². The van der Waals surface area contributed by atoms with E-state index in [-0.39, 0.29) is 6.04 Å². The van der Waals surface area contributed by atoms with Crippen molar-refractivity contribution >= 4 is 5.82 Å². The van der Waals surface area contributed by atoms with E-state index in [1.807, 2.05) is 16.9 Å². The highest BCUT2D eigenvalue weighted by Crippen LogP contribution is 2.26. The highest BCUT2D eigenvalue weighted by molar-refractivity contribution is 5.42. The quantitative estimate of drug-likeness (QED) is 0.709. The van der Waals surface area contributed by atoms with Crippen LogP contribution in [0.4, 0.5) is 5.82 Å². The number of hydrogen-bond acceptors (Lipinski definition) is 6. The van der Waals surface area contributed by atoms with Gasteiger partial charge in [0.1, 0.15) is 11.9 Å². The Hall–Kier alpha value is -3.21. The van der Waals surface area contributed by atoms with Gasteiger partial charge in [-0.15, -0.1) is 0 Å². The SMILES string of the molecule is N#Cc1cnn(C2CN(c3cncc(-n4cccn4)n3)C2)c1. The largest absolute Gasteiger partial charge is 0.351 e. The summed E-state index contributed by atoms with van der Waals surface area (Å²) in [5.41, 5.74) is 0.582. The van der Waals surface area contributed by atoms with Gasteiger partial charge >= 0.3 is 0 Å². The summed E-state index contributed by atoms with van der Waals surface area (Å²) in [6.07, 6.45) is 10.3. The highest BCUT2D eigenvalue weighted by atomic mass is 15.4. The third-order valence-electron chi connectivity index (χ3n) is 3.64. The van der Waals surface area contributed by atoms with Gasteiger partial charge in [-0.1, -0.05) is 0 Å². The minimum Gasteiger partial charge on any atom is -0.351 e. The van der Waals surface area contributed by atoms with E-state index >= 15 is 0 Å². The van der Waals surface area contributed by atoms with Crippen molar-refractivity contribution in [3.63, 3.8) is 0 Å². The zero-order valence-corrected chi connectivity index (χ0v) is 11.6. The van der Waals surface area contributed by atoms with Crippen molar-refractivity contribution < 1.29 is 0 Å². The predicted octanol–water partition coefficient (Wildman–Crippen LogP) is 0.792. The first-order valence-corrected chi connectivity index (χ1v) is 6.85. The molecule has 0 radical (unpaired) electrons. The summed E-state index contributed by atoms with van der Waals surface area (Å²) in [5, 5.41) is 17.2. The van der Waals surface area contributed by atoms with Crippen LogP contribution in [0.25, 0.3) is 5.82 Å². The van der Waals surface area contributed by atoms with Crippen LogP contribution >= 0.6 is 0 Å². The molecule has 108 valence electrons. The second kappa shape index (κ2) is 4.96. The fourth-order valence-electron chi connectivity index (χ4n) is 2.42. The van der Waals surface area contributed by atoms with E-state index in [0.717, 1.165) is 18.9 Å². The zero-order chi connectivity index (χ0) is 14.9. The molecule has 0 unspecified atom stereocenters. The molecule has 8 nitrogen and oxygen atoms in total. The van der Waals surface area contributed by atoms with Crippen molar-refractivity contribution in [3.05, 3.63) is 48.8 Å². The Labute approximate surface area is 126 Å². The van der Waals surface area contributed by atoms with Crippen LogP contribution in [0, 0.1) is 11.3 Å². The van der Waals surface area contributed by atoms with Crippen LogP contribution in [-0.4, -0.2) is 42.6 Å². The van der Waals surface area contributed by atoms with Gasteiger partial charge in [0.15, 0.2) is 5.82 Å². The van der Waals surface area contributed by atoms with Gasteiger partial charge in [0, 0.05) is 31.7 Å². The van der Waals surface area contributed by atoms with E-state index in [2.05, 4.69) is 31.1 Å². The highest BCUT2D eigenvalue weighted by Gasteiger charge is 2.30. The van der Waals surface area contributed by atoms with Gasteiger partial charge < -0.3 is 4.90 Å². The number of anilines is 1. The number of nitriles is 1. The maximum atomic E-state index is 8.83. The summed E-state index contributed by atoms with van der Waals surface area (Å²) in [5.74, 6) is 1.51. The Morgan fingerprint density at radius 3 is 2.73 bits per heavy atom. The lowest BCUT2D eigenvalue weighted by atomic mass is 10.1. The molecular weight excluding hydrogens is 280 g/mol. The molecule has 1 aliphatic heterocycles. The molecule has 1 fully saturated rings. The van der Waals surface area contributed by atoms with Crippen LogP contribution in [0.5, 0.6) is 0 Å². The van der Waals surface area contributed by atoms with E-state index in [4.69, 9.17) is 5.26 Å². The summed E-state index contributed by atoms with van der Waals surface area (Å²) in [6, 6.07) is 4.19. The Bertz CT molecular complexity index is 823. The standard InChI is InChI=1S/C14H12N8/c15-4-11-5-18-22(8-11)12-9-20(10-12)13-6-16-7-14(19-13)21-3-1-2-17-21/h1-3,5-8,12H,9-10H2. The first-order chi connectivity index (χ1) is 10.8. The number of hydrogen-bond donors (Lipinski definition) is 0. The Kier molecular flexibility index (Phi) is 2.83. The second-order valence-electron chi connectivity index (χ2n) is 5.07. The van der Waals surface area contributed by atoms with Crippen molar-refractivity contribution in [2.75, 3.05) is 18.0 Å². The average molecular weight is 292 g/mol. The Balaban J connectivity index is 1.49. The van der Waals surface area contributed by atoms with Crippen molar-refractivity contribution in [1.29, 1.82) is 5.26 Å². The monoisotopic (exact) mass is 292 g/mol. The molecule has 1 aliphatic rings. The molecule has 4 rings (SSSR count). The van der Waals surface area contributed by atoms with Gasteiger partial charge in [-0.2, -0.15) is 15.5 Å². The van der Waals surface area contributed by atoms with Gasteiger partial charge in [0.2, 0.25) is 0 Å². The molecule has 1 saturated heterocycles. The lowest BCUT2D eigenvalue weighted by Crippen LogP contribution is -2.48. The molecule has 0 aliphatic carbocycles. The van der Waals surface area contributed by atoms with Gasteiger partial charge in [-0.25, -0.2) is 9.67 Å². The van der Waals surface area contributed by atoms with Crippen molar-refractivity contribution in [1.82, 2.24) is 29.5 Å². The average Bonchev–Trinajstić information content (AvgIpc) is 3.18. The van der Waals surface area contributed by atoms with Crippen LogP contribution in [0.1, 0.15) is 11.6 Å². The molecule has 3 aromatic rings. The van der Waals surface area contributed by atoms with Gasteiger partial charge in [-0.05, 0) is 6.07 Å². The van der Waals surface area contributed by atoms with Gasteiger partial charge in [0.25, 0.3) is 0 Å². The minimum atomic E-state index is 0.261. The summed E-state index contributed by atoms with van der Waals surface area (Å²) < 4.78 is 3.51. The van der Waals surface area contributed by atoms with E-state index in [0.29, 0.717) is 11.4 Å². The fraction of sp³-hybridized carbons (Fsp3) is 0.214. The Morgan fingerprint density at radius 2 is 2.00 bits per heavy atom. The summed E-state index contributed by atoms with van der Waals surface area (Å²) in [4.78, 5) is 10.9. The van der Waals surface area contributed by atoms with Crippen LogP contribution < -0.4 is 4.90 Å². The van der Waals surface area contributed by atoms with Gasteiger partial charge in [0.05, 0.1) is 30.2 Å². The fourth-order valence-corrected chi connectivity index (χ4v) is 2.42. The molecule has 0 N–H and O–H groups in total. The molecule has 3 aromatic heterocycles. The number of aromatic nitrogens is 6. The molecule has 0 aromatic carbocycles. The third-order valence-corrected chi connectivity index (χ3v) is 3.64.